The van der Waals surface area contributed by atoms with E-state index in [-0.39, 0.29) is 12.4 Å². The third-order valence-corrected chi connectivity index (χ3v) is 3.68. The number of carbonyl (C=O) groups is 2. The van der Waals surface area contributed by atoms with Gasteiger partial charge in [-0.05, 0) is 25.5 Å². The van der Waals surface area contributed by atoms with Crippen LogP contribution in [0.3, 0.4) is 0 Å². The van der Waals surface area contributed by atoms with Crippen LogP contribution in [0.25, 0.3) is 5.69 Å². The predicted molar refractivity (Wildman–Crippen MR) is 82.0 cm³/mol. The van der Waals surface area contributed by atoms with Crippen LogP contribution in [0, 0.1) is 6.92 Å². The van der Waals surface area contributed by atoms with Gasteiger partial charge >= 0.3 is 6.09 Å². The van der Waals surface area contributed by atoms with Crippen LogP contribution in [0.2, 0.25) is 0 Å². The summed E-state index contributed by atoms with van der Waals surface area (Å²) in [4.78, 5) is 22.8. The lowest BCUT2D eigenvalue weighted by Gasteiger charge is -2.09. The summed E-state index contributed by atoms with van der Waals surface area (Å²) in [7, 11) is 0. The molecule has 0 spiro atoms. The van der Waals surface area contributed by atoms with Gasteiger partial charge in [-0.25, -0.2) is 4.79 Å². The van der Waals surface area contributed by atoms with Gasteiger partial charge in [0, 0.05) is 0 Å². The van der Waals surface area contributed by atoms with Crippen molar-refractivity contribution >= 4 is 23.8 Å². The van der Waals surface area contributed by atoms with Gasteiger partial charge in [-0.2, -0.15) is 0 Å². The topological polar surface area (TPSA) is 86.1 Å². The molecule has 2 aromatic rings. The van der Waals surface area contributed by atoms with Crippen molar-refractivity contribution in [1.82, 2.24) is 20.1 Å². The molecule has 0 aliphatic heterocycles. The zero-order valence-electron chi connectivity index (χ0n) is 12.3. The van der Waals surface area contributed by atoms with E-state index in [9.17, 15) is 9.59 Å². The van der Waals surface area contributed by atoms with E-state index in [4.69, 9.17) is 0 Å². The van der Waals surface area contributed by atoms with Crippen molar-refractivity contribution in [2.24, 2.45) is 0 Å². The fourth-order valence-electron chi connectivity index (χ4n) is 1.77. The molecule has 0 saturated carbocycles. The van der Waals surface area contributed by atoms with Crippen molar-refractivity contribution in [3.8, 4) is 5.69 Å². The minimum atomic E-state index is -0.742. The van der Waals surface area contributed by atoms with Gasteiger partial charge in [-0.1, -0.05) is 30.0 Å². The molecule has 0 fully saturated rings. The molecule has 22 heavy (non-hydrogen) atoms. The zero-order chi connectivity index (χ0) is 15.9. The minimum Gasteiger partial charge on any atom is -0.450 e. The summed E-state index contributed by atoms with van der Waals surface area (Å²) in [6.45, 7) is 3.87. The Bertz CT molecular complexity index is 672. The van der Waals surface area contributed by atoms with Crippen molar-refractivity contribution in [1.29, 1.82) is 0 Å². The van der Waals surface area contributed by atoms with Crippen LogP contribution < -0.4 is 5.32 Å². The maximum atomic E-state index is 11.6. The molecule has 0 radical (unpaired) electrons. The molecule has 2 amide bonds. The average molecular weight is 320 g/mol. The van der Waals surface area contributed by atoms with Crippen molar-refractivity contribution < 1.29 is 14.3 Å². The number of alkyl carbamates (subject to hydrolysis) is 1. The first kappa shape index (κ1) is 16.0. The van der Waals surface area contributed by atoms with Crippen LogP contribution in [0.15, 0.2) is 35.7 Å². The van der Waals surface area contributed by atoms with E-state index in [0.717, 1.165) is 11.3 Å². The van der Waals surface area contributed by atoms with Gasteiger partial charge in [0.15, 0.2) is 5.16 Å². The van der Waals surface area contributed by atoms with E-state index < -0.39 is 12.0 Å². The first-order chi connectivity index (χ1) is 10.6. The molecule has 8 heteroatoms. The van der Waals surface area contributed by atoms with Gasteiger partial charge in [0.1, 0.15) is 6.33 Å². The molecule has 0 bridgehead atoms. The number of hydrogen-bond acceptors (Lipinski definition) is 6. The number of hydrogen-bond donors (Lipinski definition) is 1. The highest BCUT2D eigenvalue weighted by Gasteiger charge is 2.13. The van der Waals surface area contributed by atoms with Crippen LogP contribution in [0.1, 0.15) is 12.5 Å². The second-order valence-electron chi connectivity index (χ2n) is 4.33. The third-order valence-electron chi connectivity index (χ3n) is 2.74. The highest BCUT2D eigenvalue weighted by atomic mass is 32.2. The fraction of sp³-hybridized carbons (Fsp3) is 0.286. The molecule has 1 N–H and O–H groups in total. The van der Waals surface area contributed by atoms with Crippen LogP contribution in [0.4, 0.5) is 4.79 Å². The number of benzene rings is 1. The minimum absolute atomic E-state index is 0.0450. The third kappa shape index (κ3) is 4.08. The van der Waals surface area contributed by atoms with Crippen LogP contribution in [-0.4, -0.2) is 39.1 Å². The highest BCUT2D eigenvalue weighted by molar-refractivity contribution is 7.99. The van der Waals surface area contributed by atoms with Gasteiger partial charge in [-0.3, -0.25) is 14.7 Å². The van der Waals surface area contributed by atoms with Gasteiger partial charge < -0.3 is 4.74 Å². The molecule has 0 atom stereocenters. The lowest BCUT2D eigenvalue weighted by molar-refractivity contribution is -0.117. The quantitative estimate of drug-likeness (QED) is 0.847. The number of amides is 2. The Labute approximate surface area is 132 Å². The molecule has 1 heterocycles. The van der Waals surface area contributed by atoms with Crippen molar-refractivity contribution in [3.63, 3.8) is 0 Å². The summed E-state index contributed by atoms with van der Waals surface area (Å²) in [5.74, 6) is -0.397. The average Bonchev–Trinajstić information content (AvgIpc) is 2.94. The van der Waals surface area contributed by atoms with Gasteiger partial charge in [0.2, 0.25) is 5.91 Å². The Hall–Kier alpha value is -2.35. The molecule has 116 valence electrons. The van der Waals surface area contributed by atoms with E-state index in [1.807, 2.05) is 31.2 Å². The van der Waals surface area contributed by atoms with Gasteiger partial charge in [0.25, 0.3) is 0 Å². The number of carbonyl (C=O) groups excluding carboxylic acids is 2. The Kier molecular flexibility index (Phi) is 5.54. The summed E-state index contributed by atoms with van der Waals surface area (Å²) < 4.78 is 6.45. The maximum Gasteiger partial charge on any atom is 0.413 e. The van der Waals surface area contributed by atoms with Gasteiger partial charge in [-0.15, -0.1) is 10.2 Å². The second-order valence-corrected chi connectivity index (χ2v) is 5.27. The number of thioether (sulfide) groups is 1. The lowest BCUT2D eigenvalue weighted by Crippen LogP contribution is -2.32. The number of aromatic nitrogens is 3. The molecule has 0 saturated heterocycles. The number of aryl methyl sites for hydroxylation is 1. The van der Waals surface area contributed by atoms with E-state index in [2.05, 4.69) is 20.3 Å². The summed E-state index contributed by atoms with van der Waals surface area (Å²) >= 11 is 1.19. The molecular weight excluding hydrogens is 304 g/mol. The molecule has 7 nitrogen and oxygen atoms in total. The number of ether oxygens (including phenoxy) is 1. The second kappa shape index (κ2) is 7.60. The van der Waals surface area contributed by atoms with E-state index in [1.54, 1.807) is 17.8 Å². The number of nitrogens with one attached hydrogen (secondary N) is 1. The largest absolute Gasteiger partial charge is 0.450 e. The van der Waals surface area contributed by atoms with E-state index >= 15 is 0 Å². The number of rotatable bonds is 5. The SMILES string of the molecule is CCOC(=O)NC(=O)CSc1nncn1-c1ccccc1C. The predicted octanol–water partition coefficient (Wildman–Crippen LogP) is 1.94. The summed E-state index contributed by atoms with van der Waals surface area (Å²) in [6, 6.07) is 7.80. The standard InChI is InChI=1S/C14H16N4O3S/c1-3-21-14(20)16-12(19)8-22-13-17-15-9-18(13)11-7-5-4-6-10(11)2/h4-7,9H,3,8H2,1-2H3,(H,16,19,20). The fourth-order valence-corrected chi connectivity index (χ4v) is 2.49. The van der Waals surface area contributed by atoms with Crippen molar-refractivity contribution in [3.05, 3.63) is 36.2 Å². The zero-order valence-corrected chi connectivity index (χ0v) is 13.1. The van der Waals surface area contributed by atoms with Crippen LogP contribution in [-0.2, 0) is 9.53 Å². The van der Waals surface area contributed by atoms with Crippen molar-refractivity contribution in [2.75, 3.05) is 12.4 Å². The molecule has 1 aromatic carbocycles. The molecule has 2 rings (SSSR count). The van der Waals surface area contributed by atoms with Crippen LogP contribution >= 0.6 is 11.8 Å². The highest BCUT2D eigenvalue weighted by Crippen LogP contribution is 2.21. The molecule has 1 aromatic heterocycles. The summed E-state index contributed by atoms with van der Waals surface area (Å²) in [5, 5.41) is 10.6. The summed E-state index contributed by atoms with van der Waals surface area (Å²) in [5.41, 5.74) is 2.01. The number of imide groups is 1. The smallest absolute Gasteiger partial charge is 0.413 e. The Morgan fingerprint density at radius 3 is 2.86 bits per heavy atom. The van der Waals surface area contributed by atoms with Crippen molar-refractivity contribution in [2.45, 2.75) is 19.0 Å². The number of nitrogens with zero attached hydrogens (tertiary/aromatic N) is 3. The first-order valence-corrected chi connectivity index (χ1v) is 7.65. The monoisotopic (exact) mass is 320 g/mol. The van der Waals surface area contributed by atoms with Crippen LogP contribution in [0.5, 0.6) is 0 Å². The molecule has 0 aliphatic carbocycles. The molecule has 0 aliphatic rings. The Balaban J connectivity index is 2.01. The molecular formula is C14H16N4O3S. The van der Waals surface area contributed by atoms with E-state index in [1.165, 1.54) is 11.8 Å². The lowest BCUT2D eigenvalue weighted by atomic mass is 10.2. The normalized spacial score (nSPS) is 10.3. The molecule has 0 unspecified atom stereocenters. The number of para-hydroxylation sites is 1. The Morgan fingerprint density at radius 2 is 2.14 bits per heavy atom. The van der Waals surface area contributed by atoms with E-state index in [0.29, 0.717) is 5.16 Å². The Morgan fingerprint density at radius 1 is 1.36 bits per heavy atom. The maximum absolute atomic E-state index is 11.6. The van der Waals surface area contributed by atoms with Gasteiger partial charge in [0.05, 0.1) is 18.0 Å². The summed E-state index contributed by atoms with van der Waals surface area (Å²) in [6.07, 6.45) is 0.849. The first-order valence-electron chi connectivity index (χ1n) is 6.67.